The van der Waals surface area contributed by atoms with E-state index in [9.17, 15) is 0 Å². The van der Waals surface area contributed by atoms with Crippen LogP contribution < -0.4 is 9.62 Å². The first-order chi connectivity index (χ1) is 12.7. The molecule has 0 saturated heterocycles. The van der Waals surface area contributed by atoms with Gasteiger partial charge in [0.15, 0.2) is 0 Å². The summed E-state index contributed by atoms with van der Waals surface area (Å²) in [5.41, 5.74) is 5.29. The van der Waals surface area contributed by atoms with Crippen LogP contribution in [0.15, 0.2) is 47.4 Å². The van der Waals surface area contributed by atoms with Gasteiger partial charge in [0.1, 0.15) is 0 Å². The molecular formula is C22H30N2OS. The molecule has 1 aliphatic heterocycles. The van der Waals surface area contributed by atoms with Crippen molar-refractivity contribution in [2.24, 2.45) is 0 Å². The van der Waals surface area contributed by atoms with Crippen molar-refractivity contribution < 1.29 is 4.74 Å². The predicted molar refractivity (Wildman–Crippen MR) is 112 cm³/mol. The summed E-state index contributed by atoms with van der Waals surface area (Å²) in [5.74, 6) is 0. The number of benzene rings is 2. The van der Waals surface area contributed by atoms with E-state index in [1.807, 2.05) is 11.9 Å². The zero-order valence-electron chi connectivity index (χ0n) is 16.1. The predicted octanol–water partition coefficient (Wildman–Crippen LogP) is 5.34. The van der Waals surface area contributed by atoms with Crippen molar-refractivity contribution in [1.82, 2.24) is 5.32 Å². The number of fused-ring (bicyclic) bond motifs is 2. The van der Waals surface area contributed by atoms with Gasteiger partial charge in [0, 0.05) is 25.2 Å². The van der Waals surface area contributed by atoms with E-state index in [-0.39, 0.29) is 6.04 Å². The molecule has 0 bridgehead atoms. The number of nitrogens with zero attached hydrogens (tertiary/aromatic N) is 1. The smallest absolute Gasteiger partial charge is 0.0609 e. The molecule has 1 aliphatic rings. The second-order valence-electron chi connectivity index (χ2n) is 6.90. The molecule has 0 radical (unpaired) electrons. The SMILES string of the molecule is CCCCOCCCNC1c2ccc(C)cc2SN(C)c2ccccc21. The summed E-state index contributed by atoms with van der Waals surface area (Å²) in [6.45, 7) is 7.02. The lowest BCUT2D eigenvalue weighted by Crippen LogP contribution is -2.25. The summed E-state index contributed by atoms with van der Waals surface area (Å²) in [6, 6.07) is 15.7. The van der Waals surface area contributed by atoms with Crippen LogP contribution in [-0.4, -0.2) is 26.8 Å². The Hall–Kier alpha value is -1.49. The van der Waals surface area contributed by atoms with Crippen molar-refractivity contribution in [3.63, 3.8) is 0 Å². The molecule has 0 aromatic heterocycles. The molecule has 0 saturated carbocycles. The second kappa shape index (κ2) is 9.45. The van der Waals surface area contributed by atoms with Crippen LogP contribution in [0.3, 0.4) is 0 Å². The van der Waals surface area contributed by atoms with Gasteiger partial charge in [-0.15, -0.1) is 0 Å². The molecule has 0 spiro atoms. The van der Waals surface area contributed by atoms with Gasteiger partial charge >= 0.3 is 0 Å². The average molecular weight is 371 g/mol. The standard InChI is InChI=1S/C22H30N2OS/c1-4-5-14-25-15-8-13-23-22-18-9-6-7-10-20(18)24(3)26-21-16-17(2)11-12-19(21)22/h6-7,9-12,16,22-23H,4-5,8,13-15H2,1-3H3. The van der Waals surface area contributed by atoms with Crippen LogP contribution in [0, 0.1) is 6.92 Å². The van der Waals surface area contributed by atoms with Gasteiger partial charge in [0.25, 0.3) is 0 Å². The van der Waals surface area contributed by atoms with E-state index in [0.717, 1.165) is 32.6 Å². The molecule has 140 valence electrons. The lowest BCUT2D eigenvalue weighted by molar-refractivity contribution is 0.128. The number of para-hydroxylation sites is 1. The van der Waals surface area contributed by atoms with Crippen LogP contribution in [0.1, 0.15) is 48.9 Å². The fourth-order valence-corrected chi connectivity index (χ4v) is 4.42. The molecule has 3 rings (SSSR count). The Labute approximate surface area is 162 Å². The maximum Gasteiger partial charge on any atom is 0.0609 e. The summed E-state index contributed by atoms with van der Waals surface area (Å²) in [4.78, 5) is 1.33. The molecule has 2 aromatic rings. The van der Waals surface area contributed by atoms with E-state index in [2.05, 4.69) is 73.0 Å². The Morgan fingerprint density at radius 1 is 1.08 bits per heavy atom. The first-order valence-corrected chi connectivity index (χ1v) is 10.4. The Balaban J connectivity index is 1.76. The molecular weight excluding hydrogens is 340 g/mol. The third-order valence-electron chi connectivity index (χ3n) is 4.76. The van der Waals surface area contributed by atoms with Gasteiger partial charge < -0.3 is 14.4 Å². The molecule has 1 heterocycles. The van der Waals surface area contributed by atoms with Gasteiger partial charge in [-0.3, -0.25) is 0 Å². The number of ether oxygens (including phenoxy) is 1. The van der Waals surface area contributed by atoms with E-state index >= 15 is 0 Å². The highest BCUT2D eigenvalue weighted by Gasteiger charge is 2.26. The van der Waals surface area contributed by atoms with Crippen molar-refractivity contribution in [3.05, 3.63) is 59.2 Å². The van der Waals surface area contributed by atoms with Gasteiger partial charge in [-0.25, -0.2) is 0 Å². The average Bonchev–Trinajstić information content (AvgIpc) is 2.75. The van der Waals surface area contributed by atoms with E-state index in [4.69, 9.17) is 4.74 Å². The third-order valence-corrected chi connectivity index (χ3v) is 5.78. The fraction of sp³-hybridized carbons (Fsp3) is 0.455. The van der Waals surface area contributed by atoms with Gasteiger partial charge in [-0.2, -0.15) is 0 Å². The van der Waals surface area contributed by atoms with Crippen molar-refractivity contribution in [1.29, 1.82) is 0 Å². The quantitative estimate of drug-likeness (QED) is 0.501. The maximum atomic E-state index is 5.71. The normalized spacial score (nSPS) is 16.1. The number of hydrogen-bond donors (Lipinski definition) is 1. The minimum absolute atomic E-state index is 0.217. The highest BCUT2D eigenvalue weighted by atomic mass is 32.2. The monoisotopic (exact) mass is 370 g/mol. The zero-order valence-corrected chi connectivity index (χ0v) is 16.9. The van der Waals surface area contributed by atoms with E-state index in [1.54, 1.807) is 0 Å². The Morgan fingerprint density at radius 3 is 2.73 bits per heavy atom. The van der Waals surface area contributed by atoms with Crippen LogP contribution in [-0.2, 0) is 4.74 Å². The Kier molecular flexibility index (Phi) is 7.00. The summed E-state index contributed by atoms with van der Waals surface area (Å²) in [7, 11) is 2.15. The van der Waals surface area contributed by atoms with Crippen molar-refractivity contribution in [2.75, 3.05) is 31.1 Å². The van der Waals surface area contributed by atoms with Crippen LogP contribution in [0.4, 0.5) is 5.69 Å². The maximum absolute atomic E-state index is 5.71. The lowest BCUT2D eigenvalue weighted by atomic mass is 9.96. The third kappa shape index (κ3) is 4.61. The second-order valence-corrected chi connectivity index (χ2v) is 8.07. The van der Waals surface area contributed by atoms with Gasteiger partial charge in [-0.1, -0.05) is 43.7 Å². The van der Waals surface area contributed by atoms with Gasteiger partial charge in [-0.05, 0) is 67.1 Å². The minimum Gasteiger partial charge on any atom is -0.381 e. The number of unbranched alkanes of at least 4 members (excludes halogenated alkanes) is 1. The number of rotatable bonds is 8. The number of hydrogen-bond acceptors (Lipinski definition) is 4. The zero-order chi connectivity index (χ0) is 18.4. The summed E-state index contributed by atoms with van der Waals surface area (Å²) >= 11 is 1.81. The molecule has 1 atom stereocenters. The molecule has 0 aliphatic carbocycles. The molecule has 2 aromatic carbocycles. The molecule has 1 unspecified atom stereocenters. The minimum atomic E-state index is 0.217. The highest BCUT2D eigenvalue weighted by Crippen LogP contribution is 2.43. The molecule has 0 fully saturated rings. The molecule has 26 heavy (non-hydrogen) atoms. The van der Waals surface area contributed by atoms with E-state index in [0.29, 0.717) is 0 Å². The first-order valence-electron chi connectivity index (χ1n) is 9.63. The molecule has 1 N–H and O–H groups in total. The topological polar surface area (TPSA) is 24.5 Å². The molecule has 3 nitrogen and oxygen atoms in total. The van der Waals surface area contributed by atoms with Gasteiger partial charge in [0.2, 0.25) is 0 Å². The van der Waals surface area contributed by atoms with Crippen LogP contribution in [0.5, 0.6) is 0 Å². The van der Waals surface area contributed by atoms with E-state index in [1.165, 1.54) is 33.7 Å². The number of anilines is 1. The highest BCUT2D eigenvalue weighted by molar-refractivity contribution is 8.00. The number of nitrogens with one attached hydrogen (secondary N) is 1. The largest absolute Gasteiger partial charge is 0.381 e. The van der Waals surface area contributed by atoms with E-state index < -0.39 is 0 Å². The Bertz CT molecular complexity index is 719. The lowest BCUT2D eigenvalue weighted by Gasteiger charge is -2.22. The van der Waals surface area contributed by atoms with Crippen molar-refractivity contribution in [2.45, 2.75) is 44.0 Å². The molecule has 4 heteroatoms. The van der Waals surface area contributed by atoms with Crippen molar-refractivity contribution >= 4 is 17.6 Å². The number of aryl methyl sites for hydroxylation is 1. The van der Waals surface area contributed by atoms with Crippen LogP contribution >= 0.6 is 11.9 Å². The summed E-state index contributed by atoms with van der Waals surface area (Å²) in [5, 5.41) is 3.78. The van der Waals surface area contributed by atoms with Gasteiger partial charge in [0.05, 0.1) is 11.7 Å². The first kappa shape index (κ1) is 19.3. The van der Waals surface area contributed by atoms with Crippen LogP contribution in [0.25, 0.3) is 0 Å². The Morgan fingerprint density at radius 2 is 1.88 bits per heavy atom. The summed E-state index contributed by atoms with van der Waals surface area (Å²) < 4.78 is 7.99. The van der Waals surface area contributed by atoms with Crippen molar-refractivity contribution in [3.8, 4) is 0 Å². The molecule has 0 amide bonds. The summed E-state index contributed by atoms with van der Waals surface area (Å²) in [6.07, 6.45) is 3.38. The fourth-order valence-electron chi connectivity index (χ4n) is 3.33. The van der Waals surface area contributed by atoms with Crippen LogP contribution in [0.2, 0.25) is 0 Å².